The van der Waals surface area contributed by atoms with Gasteiger partial charge in [0.1, 0.15) is 19.8 Å². The largest absolute Gasteiger partial charge is 0.463 e. The summed E-state index contributed by atoms with van der Waals surface area (Å²) in [6.45, 7) is 8.30. The molecule has 0 fully saturated rings. The van der Waals surface area contributed by atoms with E-state index in [1.54, 1.807) is 14.0 Å². The van der Waals surface area contributed by atoms with Gasteiger partial charge in [0.25, 0.3) is 5.91 Å². The van der Waals surface area contributed by atoms with E-state index in [-0.39, 0.29) is 62.9 Å². The zero-order chi connectivity index (χ0) is 26.5. The fraction of sp³-hybridized carbons (Fsp3) is 0.773. The van der Waals surface area contributed by atoms with Crippen LogP contribution in [0.3, 0.4) is 0 Å². The Morgan fingerprint density at radius 1 is 0.914 bits per heavy atom. The standard InChI is InChI=1S/C22H42N6O7/c1-16(27-28-21(30)14-33-15-23)7-6-10-32-12-18(3)35-19(4)13-34-22(31)9-8-17(2)26-25-11-20(29)24-5/h18-19,25H,6-15,23H2,1-5H3,(H,24,29)(H,28,30)/b26-17+,27-16+. The van der Waals surface area contributed by atoms with E-state index in [0.29, 0.717) is 31.8 Å². The van der Waals surface area contributed by atoms with E-state index >= 15 is 0 Å². The number of nitrogens with one attached hydrogen (secondary N) is 3. The van der Waals surface area contributed by atoms with E-state index in [4.69, 9.17) is 24.7 Å². The number of nitrogens with two attached hydrogens (primary N) is 1. The maximum absolute atomic E-state index is 11.9. The average Bonchev–Trinajstić information content (AvgIpc) is 2.83. The molecular formula is C22H42N6O7. The summed E-state index contributed by atoms with van der Waals surface area (Å²) in [5.74, 6) is -0.870. The lowest BCUT2D eigenvalue weighted by Gasteiger charge is -2.19. The van der Waals surface area contributed by atoms with Crippen molar-refractivity contribution in [3.8, 4) is 0 Å². The maximum atomic E-state index is 11.9. The van der Waals surface area contributed by atoms with E-state index < -0.39 is 0 Å². The first-order valence-electron chi connectivity index (χ1n) is 11.6. The molecule has 13 heteroatoms. The molecule has 2 atom stereocenters. The minimum atomic E-state index is -0.354. The number of hydrogen-bond donors (Lipinski definition) is 4. The highest BCUT2D eigenvalue weighted by atomic mass is 16.6. The van der Waals surface area contributed by atoms with Crippen molar-refractivity contribution in [2.75, 3.05) is 46.8 Å². The fourth-order valence-electron chi connectivity index (χ4n) is 2.51. The van der Waals surface area contributed by atoms with Crippen molar-refractivity contribution in [1.82, 2.24) is 16.2 Å². The smallest absolute Gasteiger partial charge is 0.306 e. The van der Waals surface area contributed by atoms with Gasteiger partial charge in [0, 0.05) is 25.1 Å². The van der Waals surface area contributed by atoms with Gasteiger partial charge in [0.05, 0.1) is 32.0 Å². The first-order chi connectivity index (χ1) is 16.7. The summed E-state index contributed by atoms with van der Waals surface area (Å²) in [7, 11) is 1.54. The highest BCUT2D eigenvalue weighted by Gasteiger charge is 2.12. The van der Waals surface area contributed by atoms with Crippen molar-refractivity contribution >= 4 is 29.2 Å². The molecule has 0 saturated heterocycles. The highest BCUT2D eigenvalue weighted by Crippen LogP contribution is 2.03. The zero-order valence-corrected chi connectivity index (χ0v) is 21.6. The van der Waals surface area contributed by atoms with Crippen LogP contribution in [0.15, 0.2) is 10.2 Å². The number of amides is 2. The third-order valence-corrected chi connectivity index (χ3v) is 4.33. The van der Waals surface area contributed by atoms with Crippen molar-refractivity contribution < 1.29 is 33.3 Å². The molecule has 0 rings (SSSR count). The van der Waals surface area contributed by atoms with Gasteiger partial charge in [0.15, 0.2) is 0 Å². The van der Waals surface area contributed by atoms with Crippen LogP contribution in [0.4, 0.5) is 0 Å². The van der Waals surface area contributed by atoms with Crippen LogP contribution in [0.25, 0.3) is 0 Å². The number of nitrogens with zero attached hydrogens (tertiary/aromatic N) is 2. The van der Waals surface area contributed by atoms with Crippen LogP contribution >= 0.6 is 0 Å². The quantitative estimate of drug-likeness (QED) is 0.0588. The molecule has 35 heavy (non-hydrogen) atoms. The number of esters is 1. The molecule has 2 unspecified atom stereocenters. The summed E-state index contributed by atoms with van der Waals surface area (Å²) < 4.78 is 21.4. The topological polar surface area (TPSA) is 175 Å². The number of carbonyl (C=O) groups excluding carboxylic acids is 3. The normalized spacial score (nSPS) is 13.7. The van der Waals surface area contributed by atoms with E-state index in [1.165, 1.54) is 0 Å². The molecule has 2 amide bonds. The zero-order valence-electron chi connectivity index (χ0n) is 21.6. The van der Waals surface area contributed by atoms with Crippen LogP contribution in [0, 0.1) is 0 Å². The van der Waals surface area contributed by atoms with Gasteiger partial charge in [-0.25, -0.2) is 5.43 Å². The van der Waals surface area contributed by atoms with Crippen LogP contribution in [0.5, 0.6) is 0 Å². The summed E-state index contributed by atoms with van der Waals surface area (Å²) >= 11 is 0. The van der Waals surface area contributed by atoms with E-state index in [0.717, 1.165) is 12.1 Å². The second-order valence-electron chi connectivity index (χ2n) is 7.87. The maximum Gasteiger partial charge on any atom is 0.306 e. The van der Waals surface area contributed by atoms with Crippen molar-refractivity contribution in [3.63, 3.8) is 0 Å². The summed E-state index contributed by atoms with van der Waals surface area (Å²) in [5.41, 5.74) is 11.7. The summed E-state index contributed by atoms with van der Waals surface area (Å²) in [5, 5.41) is 10.5. The Hall–Kier alpha value is -2.61. The lowest BCUT2D eigenvalue weighted by Crippen LogP contribution is -2.29. The Bertz CT molecular complexity index is 687. The number of rotatable bonds is 20. The summed E-state index contributed by atoms with van der Waals surface area (Å²) in [6, 6.07) is 0. The van der Waals surface area contributed by atoms with Gasteiger partial charge in [-0.1, -0.05) is 0 Å². The average molecular weight is 503 g/mol. The van der Waals surface area contributed by atoms with Gasteiger partial charge in [-0.15, -0.1) is 0 Å². The molecule has 0 spiro atoms. The molecule has 0 aliphatic heterocycles. The first kappa shape index (κ1) is 32.4. The van der Waals surface area contributed by atoms with Gasteiger partial charge >= 0.3 is 5.97 Å². The van der Waals surface area contributed by atoms with Crippen LogP contribution in [0.1, 0.15) is 53.4 Å². The first-order valence-corrected chi connectivity index (χ1v) is 11.6. The van der Waals surface area contributed by atoms with Gasteiger partial charge in [-0.3, -0.25) is 14.4 Å². The molecule has 202 valence electrons. The number of hydrazone groups is 2. The number of hydrogen-bond acceptors (Lipinski definition) is 11. The molecular weight excluding hydrogens is 460 g/mol. The molecule has 0 bridgehead atoms. The van der Waals surface area contributed by atoms with Gasteiger partial charge in [0.2, 0.25) is 5.91 Å². The Kier molecular flexibility index (Phi) is 19.2. The van der Waals surface area contributed by atoms with Gasteiger partial charge < -0.3 is 35.4 Å². The third kappa shape index (κ3) is 20.5. The third-order valence-electron chi connectivity index (χ3n) is 4.33. The molecule has 5 N–H and O–H groups in total. The van der Waals surface area contributed by atoms with Crippen LogP contribution in [0.2, 0.25) is 0 Å². The number of ether oxygens (including phenoxy) is 4. The van der Waals surface area contributed by atoms with E-state index in [2.05, 4.69) is 26.4 Å². The van der Waals surface area contributed by atoms with Crippen molar-refractivity contribution in [2.45, 2.75) is 65.6 Å². The van der Waals surface area contributed by atoms with Crippen molar-refractivity contribution in [2.24, 2.45) is 15.9 Å². The molecule has 0 aromatic rings. The minimum absolute atomic E-state index is 0.0174. The molecule has 0 aromatic heterocycles. The van der Waals surface area contributed by atoms with Gasteiger partial charge in [-0.05, 0) is 47.0 Å². The summed E-state index contributed by atoms with van der Waals surface area (Å²) in [6.07, 6.45) is 1.60. The summed E-state index contributed by atoms with van der Waals surface area (Å²) in [4.78, 5) is 34.4. The Balaban J connectivity index is 3.88. The Labute approximate surface area is 207 Å². The molecule has 0 saturated carbocycles. The fourth-order valence-corrected chi connectivity index (χ4v) is 2.51. The molecule has 0 aliphatic carbocycles. The predicted molar refractivity (Wildman–Crippen MR) is 132 cm³/mol. The Morgan fingerprint density at radius 2 is 1.60 bits per heavy atom. The number of likely N-dealkylation sites (N-methyl/N-ethyl adjacent to an activating group) is 1. The lowest BCUT2D eigenvalue weighted by molar-refractivity contribution is -0.149. The van der Waals surface area contributed by atoms with E-state index in [1.807, 2.05) is 20.8 Å². The predicted octanol–water partition coefficient (Wildman–Crippen LogP) is 0.0366. The molecule has 13 nitrogen and oxygen atoms in total. The molecule has 0 radical (unpaired) electrons. The SMILES string of the molecule is CNC(=O)CN/N=C(\C)CCC(=O)OCC(C)OC(C)COCCC/C(C)=N/NC(=O)COCN. The van der Waals surface area contributed by atoms with Crippen LogP contribution < -0.4 is 21.9 Å². The van der Waals surface area contributed by atoms with Crippen molar-refractivity contribution in [1.29, 1.82) is 0 Å². The van der Waals surface area contributed by atoms with E-state index in [9.17, 15) is 14.4 Å². The monoisotopic (exact) mass is 502 g/mol. The molecule has 0 heterocycles. The van der Waals surface area contributed by atoms with Gasteiger partial charge in [-0.2, -0.15) is 10.2 Å². The molecule has 0 aliphatic rings. The van der Waals surface area contributed by atoms with Crippen molar-refractivity contribution in [3.05, 3.63) is 0 Å². The minimum Gasteiger partial charge on any atom is -0.463 e. The second-order valence-corrected chi connectivity index (χ2v) is 7.87. The van der Waals surface area contributed by atoms with Crippen LogP contribution in [-0.2, 0) is 33.3 Å². The lowest BCUT2D eigenvalue weighted by atomic mass is 10.2. The second kappa shape index (κ2) is 20.7. The number of carbonyl (C=O) groups is 3. The van der Waals surface area contributed by atoms with Crippen LogP contribution in [-0.4, -0.2) is 88.2 Å². The molecule has 0 aromatic carbocycles. The Morgan fingerprint density at radius 3 is 2.29 bits per heavy atom. The highest BCUT2D eigenvalue weighted by molar-refractivity contribution is 5.86.